The molecule has 102 valence electrons. The van der Waals surface area contributed by atoms with Crippen molar-refractivity contribution in [3.63, 3.8) is 0 Å². The molecular formula is C13H16BrN3S2. The molecule has 0 saturated carbocycles. The van der Waals surface area contributed by atoms with Crippen LogP contribution in [-0.4, -0.2) is 16.7 Å². The van der Waals surface area contributed by atoms with Crippen molar-refractivity contribution in [3.8, 4) is 0 Å². The number of hydrogen-bond acceptors (Lipinski definition) is 5. The SMILES string of the molecule is CCCNCc1ccc(Br)cc1Sc1nnc(C)s1. The Labute approximate surface area is 130 Å². The van der Waals surface area contributed by atoms with Crippen LogP contribution in [-0.2, 0) is 6.54 Å². The van der Waals surface area contributed by atoms with Crippen molar-refractivity contribution in [3.05, 3.63) is 33.2 Å². The Morgan fingerprint density at radius 2 is 2.21 bits per heavy atom. The van der Waals surface area contributed by atoms with Gasteiger partial charge in [0.25, 0.3) is 0 Å². The van der Waals surface area contributed by atoms with E-state index < -0.39 is 0 Å². The van der Waals surface area contributed by atoms with Crippen LogP contribution in [0.25, 0.3) is 0 Å². The molecule has 0 radical (unpaired) electrons. The second kappa shape index (κ2) is 7.38. The van der Waals surface area contributed by atoms with Crippen molar-refractivity contribution < 1.29 is 0 Å². The third-order valence-corrected chi connectivity index (χ3v) is 4.96. The van der Waals surface area contributed by atoms with Gasteiger partial charge in [0.1, 0.15) is 5.01 Å². The van der Waals surface area contributed by atoms with Crippen molar-refractivity contribution >= 4 is 39.0 Å². The molecule has 0 atom stereocenters. The first-order chi connectivity index (χ1) is 9.19. The van der Waals surface area contributed by atoms with E-state index in [4.69, 9.17) is 0 Å². The van der Waals surface area contributed by atoms with Crippen molar-refractivity contribution in [1.82, 2.24) is 15.5 Å². The van der Waals surface area contributed by atoms with Crippen LogP contribution in [0.5, 0.6) is 0 Å². The van der Waals surface area contributed by atoms with Gasteiger partial charge in [0.05, 0.1) is 0 Å². The van der Waals surface area contributed by atoms with Crippen LogP contribution in [0.1, 0.15) is 23.9 Å². The van der Waals surface area contributed by atoms with Crippen LogP contribution >= 0.6 is 39.0 Å². The van der Waals surface area contributed by atoms with Crippen LogP contribution < -0.4 is 5.32 Å². The summed E-state index contributed by atoms with van der Waals surface area (Å²) < 4.78 is 2.09. The molecule has 0 spiro atoms. The molecule has 0 unspecified atom stereocenters. The first-order valence-electron chi connectivity index (χ1n) is 6.16. The van der Waals surface area contributed by atoms with Crippen molar-refractivity contribution in [1.29, 1.82) is 0 Å². The molecule has 19 heavy (non-hydrogen) atoms. The minimum atomic E-state index is 0.890. The lowest BCUT2D eigenvalue weighted by molar-refractivity contribution is 0.669. The highest BCUT2D eigenvalue weighted by molar-refractivity contribution is 9.10. The second-order valence-electron chi connectivity index (χ2n) is 4.12. The average molecular weight is 358 g/mol. The third kappa shape index (κ3) is 4.56. The molecule has 0 saturated heterocycles. The van der Waals surface area contributed by atoms with E-state index in [1.54, 1.807) is 23.1 Å². The molecule has 6 heteroatoms. The van der Waals surface area contributed by atoms with Crippen molar-refractivity contribution in [2.75, 3.05) is 6.54 Å². The number of nitrogens with zero attached hydrogens (tertiary/aromatic N) is 2. The van der Waals surface area contributed by atoms with Gasteiger partial charge < -0.3 is 5.32 Å². The van der Waals surface area contributed by atoms with E-state index in [1.807, 2.05) is 6.92 Å². The Hall–Kier alpha value is -0.430. The number of halogens is 1. The van der Waals surface area contributed by atoms with E-state index >= 15 is 0 Å². The molecule has 0 amide bonds. The van der Waals surface area contributed by atoms with Crippen LogP contribution in [0.4, 0.5) is 0 Å². The molecule has 0 fully saturated rings. The molecule has 1 N–H and O–H groups in total. The summed E-state index contributed by atoms with van der Waals surface area (Å²) in [4.78, 5) is 1.23. The Bertz CT molecular complexity index is 542. The van der Waals surface area contributed by atoms with E-state index in [1.165, 1.54) is 10.5 Å². The number of hydrogen-bond donors (Lipinski definition) is 1. The zero-order valence-corrected chi connectivity index (χ0v) is 14.2. The molecule has 0 aliphatic heterocycles. The average Bonchev–Trinajstić information content (AvgIpc) is 2.78. The minimum absolute atomic E-state index is 0.890. The highest BCUT2D eigenvalue weighted by Crippen LogP contribution is 2.34. The number of rotatable bonds is 6. The minimum Gasteiger partial charge on any atom is -0.313 e. The summed E-state index contributed by atoms with van der Waals surface area (Å²) in [5, 5.41) is 12.7. The fourth-order valence-electron chi connectivity index (χ4n) is 1.58. The van der Waals surface area contributed by atoms with E-state index in [9.17, 15) is 0 Å². The molecule has 1 aromatic carbocycles. The largest absolute Gasteiger partial charge is 0.313 e. The molecule has 2 rings (SSSR count). The topological polar surface area (TPSA) is 37.8 Å². The molecule has 3 nitrogen and oxygen atoms in total. The van der Waals surface area contributed by atoms with Gasteiger partial charge in [-0.1, -0.05) is 52.0 Å². The zero-order chi connectivity index (χ0) is 13.7. The first kappa shape index (κ1) is 15.0. The summed E-state index contributed by atoms with van der Waals surface area (Å²) in [5.41, 5.74) is 1.30. The van der Waals surface area contributed by atoms with Crippen LogP contribution in [0.3, 0.4) is 0 Å². The van der Waals surface area contributed by atoms with Gasteiger partial charge in [-0.2, -0.15) is 0 Å². The molecule has 0 aliphatic carbocycles. The van der Waals surface area contributed by atoms with Gasteiger partial charge in [-0.15, -0.1) is 10.2 Å². The monoisotopic (exact) mass is 357 g/mol. The Morgan fingerprint density at radius 1 is 1.37 bits per heavy atom. The second-order valence-corrected chi connectivity index (χ2v) is 7.50. The number of nitrogens with one attached hydrogen (secondary N) is 1. The van der Waals surface area contributed by atoms with Gasteiger partial charge in [0.2, 0.25) is 0 Å². The Balaban J connectivity index is 2.14. The normalized spacial score (nSPS) is 10.9. The van der Waals surface area contributed by atoms with E-state index in [-0.39, 0.29) is 0 Å². The Morgan fingerprint density at radius 3 is 2.89 bits per heavy atom. The number of aromatic nitrogens is 2. The fraction of sp³-hybridized carbons (Fsp3) is 0.385. The standard InChI is InChI=1S/C13H16BrN3S2/c1-3-6-15-8-10-4-5-11(14)7-12(10)19-13-17-16-9(2)18-13/h4-5,7,15H,3,6,8H2,1-2H3. The fourth-order valence-corrected chi connectivity index (χ4v) is 4.04. The molecular weight excluding hydrogens is 342 g/mol. The number of benzene rings is 1. The quantitative estimate of drug-likeness (QED) is 0.783. The third-order valence-electron chi connectivity index (χ3n) is 2.48. The summed E-state index contributed by atoms with van der Waals surface area (Å²) in [5.74, 6) is 0. The first-order valence-corrected chi connectivity index (χ1v) is 8.58. The van der Waals surface area contributed by atoms with Gasteiger partial charge >= 0.3 is 0 Å². The zero-order valence-electron chi connectivity index (χ0n) is 10.9. The maximum atomic E-state index is 4.17. The van der Waals surface area contributed by atoms with E-state index in [0.717, 1.165) is 33.3 Å². The summed E-state index contributed by atoms with van der Waals surface area (Å²) in [6.07, 6.45) is 1.15. The smallest absolute Gasteiger partial charge is 0.179 e. The molecule has 1 heterocycles. The highest BCUT2D eigenvalue weighted by atomic mass is 79.9. The van der Waals surface area contributed by atoms with E-state index in [2.05, 4.69) is 56.6 Å². The van der Waals surface area contributed by atoms with Crippen LogP contribution in [0.2, 0.25) is 0 Å². The van der Waals surface area contributed by atoms with Gasteiger partial charge in [0, 0.05) is 15.9 Å². The lowest BCUT2D eigenvalue weighted by Gasteiger charge is -2.09. The predicted molar refractivity (Wildman–Crippen MR) is 84.9 cm³/mol. The van der Waals surface area contributed by atoms with E-state index in [0.29, 0.717) is 0 Å². The number of aryl methyl sites for hydroxylation is 1. The maximum Gasteiger partial charge on any atom is 0.179 e. The molecule has 1 aromatic heterocycles. The van der Waals surface area contributed by atoms with Gasteiger partial charge in [0.15, 0.2) is 4.34 Å². The predicted octanol–water partition coefficient (Wildman–Crippen LogP) is 4.26. The lowest BCUT2D eigenvalue weighted by atomic mass is 10.2. The van der Waals surface area contributed by atoms with Gasteiger partial charge in [-0.05, 0) is 37.6 Å². The summed E-state index contributed by atoms with van der Waals surface area (Å²) in [6.45, 7) is 6.08. The molecule has 0 aliphatic rings. The van der Waals surface area contributed by atoms with Gasteiger partial charge in [-0.25, -0.2) is 0 Å². The van der Waals surface area contributed by atoms with Crippen molar-refractivity contribution in [2.45, 2.75) is 36.0 Å². The highest BCUT2D eigenvalue weighted by Gasteiger charge is 2.08. The van der Waals surface area contributed by atoms with Crippen molar-refractivity contribution in [2.24, 2.45) is 0 Å². The summed E-state index contributed by atoms with van der Waals surface area (Å²) in [6, 6.07) is 6.38. The molecule has 2 aromatic rings. The summed E-state index contributed by atoms with van der Waals surface area (Å²) >= 11 is 6.84. The van der Waals surface area contributed by atoms with Crippen LogP contribution in [0.15, 0.2) is 31.9 Å². The molecule has 0 bridgehead atoms. The lowest BCUT2D eigenvalue weighted by Crippen LogP contribution is -2.14. The maximum absolute atomic E-state index is 4.17. The van der Waals surface area contributed by atoms with Gasteiger partial charge in [-0.3, -0.25) is 0 Å². The summed E-state index contributed by atoms with van der Waals surface area (Å²) in [7, 11) is 0. The Kier molecular flexibility index (Phi) is 5.81. The van der Waals surface area contributed by atoms with Crippen LogP contribution in [0, 0.1) is 6.92 Å².